The van der Waals surface area contributed by atoms with Crippen LogP contribution >= 0.6 is 11.8 Å². The standard InChI is InChI=1S/C25H22FN5O4S/c26-18-4-1-3-17(15-18)24(33)31-12-10-30(11-13-31)20-8-6-19(7-9-20)27-22(32)16-36-25-29-28-23(35-25)21-5-2-14-34-21/h1-9,14-15H,10-13,16H2,(H,27,32). The Morgan fingerprint density at radius 2 is 1.81 bits per heavy atom. The largest absolute Gasteiger partial charge is 0.459 e. The van der Waals surface area contributed by atoms with Crippen molar-refractivity contribution in [1.82, 2.24) is 15.1 Å². The third kappa shape index (κ3) is 5.57. The van der Waals surface area contributed by atoms with E-state index in [1.807, 2.05) is 24.3 Å². The zero-order chi connectivity index (χ0) is 24.9. The molecule has 184 valence electrons. The number of hydrogen-bond acceptors (Lipinski definition) is 8. The molecule has 2 aromatic heterocycles. The van der Waals surface area contributed by atoms with Crippen LogP contribution in [0, 0.1) is 5.82 Å². The number of rotatable bonds is 7. The van der Waals surface area contributed by atoms with Crippen molar-refractivity contribution in [2.45, 2.75) is 5.22 Å². The number of piperazine rings is 1. The van der Waals surface area contributed by atoms with E-state index in [4.69, 9.17) is 8.83 Å². The third-order valence-corrected chi connectivity index (χ3v) is 6.44. The SMILES string of the molecule is O=C(CSc1nnc(-c2ccco2)o1)Nc1ccc(N2CCN(C(=O)c3cccc(F)c3)CC2)cc1. The van der Waals surface area contributed by atoms with Crippen molar-refractivity contribution in [2.75, 3.05) is 42.1 Å². The Balaban J connectivity index is 1.09. The highest BCUT2D eigenvalue weighted by molar-refractivity contribution is 7.99. The predicted molar refractivity (Wildman–Crippen MR) is 132 cm³/mol. The normalized spacial score (nSPS) is 13.6. The molecule has 1 N–H and O–H groups in total. The van der Waals surface area contributed by atoms with E-state index in [-0.39, 0.29) is 28.7 Å². The van der Waals surface area contributed by atoms with E-state index in [0.29, 0.717) is 43.2 Å². The van der Waals surface area contributed by atoms with Crippen LogP contribution in [0.4, 0.5) is 15.8 Å². The van der Waals surface area contributed by atoms with Gasteiger partial charge in [-0.05, 0) is 54.6 Å². The first-order valence-electron chi connectivity index (χ1n) is 11.2. The number of carbonyl (C=O) groups excluding carboxylic acids is 2. The molecule has 0 atom stereocenters. The van der Waals surface area contributed by atoms with Crippen LogP contribution in [0.1, 0.15) is 10.4 Å². The summed E-state index contributed by atoms with van der Waals surface area (Å²) in [6, 6.07) is 16.7. The molecule has 5 rings (SSSR count). The Morgan fingerprint density at radius 3 is 2.53 bits per heavy atom. The summed E-state index contributed by atoms with van der Waals surface area (Å²) in [7, 11) is 0. The maximum absolute atomic E-state index is 13.4. The topological polar surface area (TPSA) is 105 Å². The number of halogens is 1. The highest BCUT2D eigenvalue weighted by Gasteiger charge is 2.22. The van der Waals surface area contributed by atoms with E-state index in [0.717, 1.165) is 17.4 Å². The van der Waals surface area contributed by atoms with Gasteiger partial charge in [-0.2, -0.15) is 0 Å². The molecule has 9 nitrogen and oxygen atoms in total. The van der Waals surface area contributed by atoms with E-state index >= 15 is 0 Å². The predicted octanol–water partition coefficient (Wildman–Crippen LogP) is 4.16. The Kier molecular flexibility index (Phi) is 6.99. The average Bonchev–Trinajstić information content (AvgIpc) is 3.60. The van der Waals surface area contributed by atoms with E-state index < -0.39 is 5.82 Å². The molecule has 2 aromatic carbocycles. The number of hydrogen-bond donors (Lipinski definition) is 1. The van der Waals surface area contributed by atoms with Gasteiger partial charge in [-0.25, -0.2) is 4.39 Å². The van der Waals surface area contributed by atoms with Gasteiger partial charge in [0.15, 0.2) is 5.76 Å². The van der Waals surface area contributed by atoms with Crippen molar-refractivity contribution < 1.29 is 22.8 Å². The molecule has 4 aromatic rings. The van der Waals surface area contributed by atoms with E-state index in [9.17, 15) is 14.0 Å². The fourth-order valence-corrected chi connectivity index (χ4v) is 4.38. The monoisotopic (exact) mass is 507 g/mol. The van der Waals surface area contributed by atoms with Gasteiger partial charge in [0, 0.05) is 43.1 Å². The highest BCUT2D eigenvalue weighted by atomic mass is 32.2. The average molecular weight is 508 g/mol. The maximum Gasteiger partial charge on any atom is 0.284 e. The number of amides is 2. The fraction of sp³-hybridized carbons (Fsp3) is 0.200. The summed E-state index contributed by atoms with van der Waals surface area (Å²) in [5, 5.41) is 10.9. The molecule has 36 heavy (non-hydrogen) atoms. The van der Waals surface area contributed by atoms with Gasteiger partial charge < -0.3 is 24.0 Å². The quantitative estimate of drug-likeness (QED) is 0.372. The summed E-state index contributed by atoms with van der Waals surface area (Å²) in [5.41, 5.74) is 2.03. The van der Waals surface area contributed by atoms with Crippen LogP contribution in [-0.4, -0.2) is 58.8 Å². The summed E-state index contributed by atoms with van der Waals surface area (Å²) in [6.45, 7) is 2.41. The summed E-state index contributed by atoms with van der Waals surface area (Å²) in [5.74, 6) is 0.0658. The number of benzene rings is 2. The summed E-state index contributed by atoms with van der Waals surface area (Å²) >= 11 is 1.14. The van der Waals surface area contributed by atoms with Crippen molar-refractivity contribution in [1.29, 1.82) is 0 Å². The molecule has 1 aliphatic rings. The lowest BCUT2D eigenvalue weighted by atomic mass is 10.1. The molecular formula is C25H22FN5O4S. The Bertz CT molecular complexity index is 1330. The second-order valence-electron chi connectivity index (χ2n) is 8.02. The number of aromatic nitrogens is 2. The Hall–Kier alpha value is -4.12. The zero-order valence-corrected chi connectivity index (χ0v) is 19.9. The maximum atomic E-state index is 13.4. The van der Waals surface area contributed by atoms with Crippen molar-refractivity contribution in [3.05, 3.63) is 78.3 Å². The van der Waals surface area contributed by atoms with Crippen molar-refractivity contribution in [3.63, 3.8) is 0 Å². The zero-order valence-electron chi connectivity index (χ0n) is 19.1. The van der Waals surface area contributed by atoms with Crippen molar-refractivity contribution in [3.8, 4) is 11.7 Å². The number of thioether (sulfide) groups is 1. The van der Waals surface area contributed by atoms with Gasteiger partial charge in [0.05, 0.1) is 12.0 Å². The number of anilines is 2. The fourth-order valence-electron chi connectivity index (χ4n) is 3.82. The molecule has 0 bridgehead atoms. The van der Waals surface area contributed by atoms with E-state index in [1.165, 1.54) is 18.4 Å². The minimum absolute atomic E-state index is 0.114. The molecular weight excluding hydrogens is 485 g/mol. The molecule has 3 heterocycles. The Labute approximate surface area is 210 Å². The van der Waals surface area contributed by atoms with Crippen molar-refractivity contribution >= 4 is 35.0 Å². The van der Waals surface area contributed by atoms with Crippen molar-refractivity contribution in [2.24, 2.45) is 0 Å². The second-order valence-corrected chi connectivity index (χ2v) is 8.95. The second kappa shape index (κ2) is 10.6. The number of carbonyl (C=O) groups is 2. The summed E-state index contributed by atoms with van der Waals surface area (Å²) < 4.78 is 24.1. The van der Waals surface area contributed by atoms with Crippen LogP contribution in [0.2, 0.25) is 0 Å². The molecule has 0 saturated carbocycles. The van der Waals surface area contributed by atoms with Gasteiger partial charge in [0.2, 0.25) is 5.91 Å². The molecule has 2 amide bonds. The van der Waals surface area contributed by atoms with Gasteiger partial charge in [-0.3, -0.25) is 9.59 Å². The number of nitrogens with one attached hydrogen (secondary N) is 1. The summed E-state index contributed by atoms with van der Waals surface area (Å²) in [6.07, 6.45) is 1.52. The van der Waals surface area contributed by atoms with Crippen LogP contribution < -0.4 is 10.2 Å². The molecule has 1 fully saturated rings. The van der Waals surface area contributed by atoms with Crippen LogP contribution in [0.3, 0.4) is 0 Å². The van der Waals surface area contributed by atoms with E-state index in [2.05, 4.69) is 20.4 Å². The lowest BCUT2D eigenvalue weighted by Gasteiger charge is -2.36. The van der Waals surface area contributed by atoms with Crippen LogP contribution in [0.5, 0.6) is 0 Å². The van der Waals surface area contributed by atoms with Crippen LogP contribution in [0.25, 0.3) is 11.7 Å². The van der Waals surface area contributed by atoms with Gasteiger partial charge in [-0.15, -0.1) is 10.2 Å². The molecule has 0 unspecified atom stereocenters. The first-order chi connectivity index (χ1) is 17.5. The minimum atomic E-state index is -0.417. The lowest BCUT2D eigenvalue weighted by molar-refractivity contribution is -0.113. The smallest absolute Gasteiger partial charge is 0.284 e. The van der Waals surface area contributed by atoms with Gasteiger partial charge in [-0.1, -0.05) is 17.8 Å². The van der Waals surface area contributed by atoms with Gasteiger partial charge in [0.1, 0.15) is 5.82 Å². The van der Waals surface area contributed by atoms with Gasteiger partial charge >= 0.3 is 0 Å². The third-order valence-electron chi connectivity index (χ3n) is 5.62. The molecule has 1 aliphatic heterocycles. The summed E-state index contributed by atoms with van der Waals surface area (Å²) in [4.78, 5) is 28.9. The molecule has 1 saturated heterocycles. The number of furan rings is 1. The van der Waals surface area contributed by atoms with Crippen LogP contribution in [-0.2, 0) is 4.79 Å². The minimum Gasteiger partial charge on any atom is -0.459 e. The first-order valence-corrected chi connectivity index (χ1v) is 12.2. The Morgan fingerprint density at radius 1 is 1.00 bits per heavy atom. The molecule has 0 spiro atoms. The van der Waals surface area contributed by atoms with E-state index in [1.54, 1.807) is 29.2 Å². The molecule has 0 aliphatic carbocycles. The first kappa shape index (κ1) is 23.6. The number of nitrogens with zero attached hydrogens (tertiary/aromatic N) is 4. The molecule has 11 heteroatoms. The van der Waals surface area contributed by atoms with Crippen LogP contribution in [0.15, 0.2) is 81.0 Å². The highest BCUT2D eigenvalue weighted by Crippen LogP contribution is 2.24. The molecule has 0 radical (unpaired) electrons. The lowest BCUT2D eigenvalue weighted by Crippen LogP contribution is -2.48. The van der Waals surface area contributed by atoms with Gasteiger partial charge in [0.25, 0.3) is 17.0 Å².